The highest BCUT2D eigenvalue weighted by molar-refractivity contribution is 9.10. The molecule has 3 rings (SSSR count). The number of halogens is 1. The molecule has 24 heavy (non-hydrogen) atoms. The third-order valence-electron chi connectivity index (χ3n) is 3.37. The summed E-state index contributed by atoms with van der Waals surface area (Å²) in [6.07, 6.45) is 1.33. The minimum atomic E-state index is -0.805. The molecule has 2 N–H and O–H groups in total. The van der Waals surface area contributed by atoms with Crippen molar-refractivity contribution in [3.63, 3.8) is 0 Å². The van der Waals surface area contributed by atoms with Crippen LogP contribution in [0.1, 0.15) is 5.56 Å². The molecular weight excluding hydrogens is 376 g/mol. The van der Waals surface area contributed by atoms with E-state index in [4.69, 9.17) is 0 Å². The number of hydrogen-bond donors (Lipinski definition) is 2. The molecule has 1 saturated heterocycles. The number of nitrogens with one attached hydrogen (secondary N) is 1. The van der Waals surface area contributed by atoms with E-state index in [2.05, 4.69) is 21.2 Å². The zero-order valence-corrected chi connectivity index (χ0v) is 13.8. The zero-order chi connectivity index (χ0) is 17.3. The molecule has 0 aromatic heterocycles. The summed E-state index contributed by atoms with van der Waals surface area (Å²) in [7, 11) is 0. The minimum Gasteiger partial charge on any atom is -0.508 e. The molecule has 120 valence electrons. The van der Waals surface area contributed by atoms with Gasteiger partial charge in [0.25, 0.3) is 11.8 Å². The van der Waals surface area contributed by atoms with Crippen LogP contribution < -0.4 is 10.2 Å². The highest BCUT2D eigenvalue weighted by Gasteiger charge is 2.36. The van der Waals surface area contributed by atoms with Crippen molar-refractivity contribution in [1.82, 2.24) is 5.32 Å². The number of imide groups is 2. The van der Waals surface area contributed by atoms with Crippen LogP contribution in [0.3, 0.4) is 0 Å². The van der Waals surface area contributed by atoms with Crippen molar-refractivity contribution in [2.75, 3.05) is 4.90 Å². The van der Waals surface area contributed by atoms with Crippen LogP contribution in [0.25, 0.3) is 6.08 Å². The SMILES string of the molecule is O=C1NC(=O)N(c2ccc(Br)cc2)C(=O)/C1=C\c1cccc(O)c1. The summed E-state index contributed by atoms with van der Waals surface area (Å²) in [5.74, 6) is -1.50. The van der Waals surface area contributed by atoms with Crippen molar-refractivity contribution in [2.45, 2.75) is 0 Å². The molecule has 2 aromatic rings. The quantitative estimate of drug-likeness (QED) is 0.613. The van der Waals surface area contributed by atoms with Gasteiger partial charge in [0.15, 0.2) is 0 Å². The van der Waals surface area contributed by atoms with Gasteiger partial charge in [0.1, 0.15) is 11.3 Å². The van der Waals surface area contributed by atoms with Crippen molar-refractivity contribution in [3.05, 3.63) is 64.1 Å². The molecule has 0 unspecified atom stereocenters. The lowest BCUT2D eigenvalue weighted by Crippen LogP contribution is -2.54. The minimum absolute atomic E-state index is 0.00820. The second kappa shape index (κ2) is 6.29. The third-order valence-corrected chi connectivity index (χ3v) is 3.90. The number of aromatic hydroxyl groups is 1. The number of urea groups is 1. The summed E-state index contributed by atoms with van der Waals surface area (Å²) < 4.78 is 0.794. The number of anilines is 1. The second-order valence-electron chi connectivity index (χ2n) is 5.03. The number of phenolic OH excluding ortho intramolecular Hbond substituents is 1. The molecule has 2 aromatic carbocycles. The van der Waals surface area contributed by atoms with E-state index in [-0.39, 0.29) is 11.3 Å². The summed E-state index contributed by atoms with van der Waals surface area (Å²) in [4.78, 5) is 37.6. The molecule has 0 spiro atoms. The van der Waals surface area contributed by atoms with E-state index in [1.165, 1.54) is 18.2 Å². The van der Waals surface area contributed by atoms with Crippen molar-refractivity contribution >= 4 is 45.5 Å². The van der Waals surface area contributed by atoms with Crippen LogP contribution in [0.4, 0.5) is 10.5 Å². The molecule has 1 aliphatic rings. The van der Waals surface area contributed by atoms with Crippen molar-refractivity contribution < 1.29 is 19.5 Å². The predicted molar refractivity (Wildman–Crippen MR) is 91.3 cm³/mol. The summed E-state index contributed by atoms with van der Waals surface area (Å²) >= 11 is 3.28. The van der Waals surface area contributed by atoms with Crippen LogP contribution in [0, 0.1) is 0 Å². The van der Waals surface area contributed by atoms with Crippen molar-refractivity contribution in [1.29, 1.82) is 0 Å². The Kier molecular flexibility index (Phi) is 4.18. The number of phenols is 1. The average Bonchev–Trinajstić information content (AvgIpc) is 2.53. The van der Waals surface area contributed by atoms with Crippen LogP contribution >= 0.6 is 15.9 Å². The molecule has 0 atom stereocenters. The van der Waals surface area contributed by atoms with Gasteiger partial charge in [-0.3, -0.25) is 14.9 Å². The van der Waals surface area contributed by atoms with E-state index in [0.29, 0.717) is 11.3 Å². The van der Waals surface area contributed by atoms with Crippen molar-refractivity contribution in [2.24, 2.45) is 0 Å². The molecule has 7 heteroatoms. The lowest BCUT2D eigenvalue weighted by Gasteiger charge is -2.26. The number of benzene rings is 2. The fourth-order valence-corrected chi connectivity index (χ4v) is 2.53. The number of amides is 4. The topological polar surface area (TPSA) is 86.7 Å². The first-order valence-electron chi connectivity index (χ1n) is 6.92. The van der Waals surface area contributed by atoms with Gasteiger partial charge in [-0.1, -0.05) is 28.1 Å². The van der Waals surface area contributed by atoms with Gasteiger partial charge in [0.2, 0.25) is 0 Å². The number of nitrogens with zero attached hydrogens (tertiary/aromatic N) is 1. The molecule has 1 heterocycles. The maximum absolute atomic E-state index is 12.6. The van der Waals surface area contributed by atoms with E-state index in [0.717, 1.165) is 9.37 Å². The molecule has 1 fully saturated rings. The number of rotatable bonds is 2. The predicted octanol–water partition coefficient (Wildman–Crippen LogP) is 2.82. The van der Waals surface area contributed by atoms with E-state index >= 15 is 0 Å². The average molecular weight is 387 g/mol. The Morgan fingerprint density at radius 3 is 2.42 bits per heavy atom. The second-order valence-corrected chi connectivity index (χ2v) is 5.94. The molecule has 0 bridgehead atoms. The highest BCUT2D eigenvalue weighted by Crippen LogP contribution is 2.24. The van der Waals surface area contributed by atoms with Crippen LogP contribution in [0.5, 0.6) is 5.75 Å². The van der Waals surface area contributed by atoms with Crippen molar-refractivity contribution in [3.8, 4) is 5.75 Å². The largest absolute Gasteiger partial charge is 0.508 e. The molecule has 0 radical (unpaired) electrons. The summed E-state index contributed by atoms with van der Waals surface area (Å²) in [5, 5.41) is 11.6. The molecule has 0 saturated carbocycles. The lowest BCUT2D eigenvalue weighted by molar-refractivity contribution is -0.122. The summed E-state index contributed by atoms with van der Waals surface area (Å²) in [6.45, 7) is 0. The van der Waals surface area contributed by atoms with E-state index in [1.54, 1.807) is 36.4 Å². The number of carbonyl (C=O) groups is 3. The Morgan fingerprint density at radius 2 is 1.75 bits per heavy atom. The van der Waals surface area contributed by atoms with Crippen LogP contribution in [0.2, 0.25) is 0 Å². The van der Waals surface area contributed by atoms with Gasteiger partial charge in [0.05, 0.1) is 5.69 Å². The van der Waals surface area contributed by atoms with Crippen LogP contribution in [-0.4, -0.2) is 23.0 Å². The molecule has 4 amide bonds. The standard InChI is InChI=1S/C17H11BrN2O4/c18-11-4-6-12(7-5-11)20-16(23)14(15(22)19-17(20)24)9-10-2-1-3-13(21)8-10/h1-9,21H,(H,19,22,24)/b14-9-. The highest BCUT2D eigenvalue weighted by atomic mass is 79.9. The Bertz CT molecular complexity index is 874. The monoisotopic (exact) mass is 386 g/mol. The molecular formula is C17H11BrN2O4. The first kappa shape index (κ1) is 15.9. The number of hydrogen-bond acceptors (Lipinski definition) is 4. The fraction of sp³-hybridized carbons (Fsp3) is 0. The Morgan fingerprint density at radius 1 is 1.04 bits per heavy atom. The van der Waals surface area contributed by atoms with Gasteiger partial charge in [-0.05, 0) is 48.0 Å². The molecule has 1 aliphatic heterocycles. The number of carbonyl (C=O) groups excluding carboxylic acids is 3. The van der Waals surface area contributed by atoms with Gasteiger partial charge >= 0.3 is 6.03 Å². The normalized spacial score (nSPS) is 16.5. The maximum Gasteiger partial charge on any atom is 0.335 e. The van der Waals surface area contributed by atoms with Crippen LogP contribution in [0.15, 0.2) is 58.6 Å². The van der Waals surface area contributed by atoms with E-state index < -0.39 is 17.8 Å². The molecule has 6 nitrogen and oxygen atoms in total. The Labute approximate surface area is 145 Å². The first-order chi connectivity index (χ1) is 11.5. The van der Waals surface area contributed by atoms with Gasteiger partial charge in [-0.15, -0.1) is 0 Å². The summed E-state index contributed by atoms with van der Waals surface area (Å²) in [6, 6.07) is 11.8. The van der Waals surface area contributed by atoms with Gasteiger partial charge in [-0.25, -0.2) is 9.69 Å². The molecule has 0 aliphatic carbocycles. The van der Waals surface area contributed by atoms with Crippen LogP contribution in [-0.2, 0) is 9.59 Å². The maximum atomic E-state index is 12.6. The smallest absolute Gasteiger partial charge is 0.335 e. The number of barbiturate groups is 1. The first-order valence-corrected chi connectivity index (χ1v) is 7.71. The Hall–Kier alpha value is -2.93. The summed E-state index contributed by atoms with van der Waals surface area (Å²) in [5.41, 5.74) is 0.622. The fourth-order valence-electron chi connectivity index (χ4n) is 2.26. The van der Waals surface area contributed by atoms with Gasteiger partial charge in [-0.2, -0.15) is 0 Å². The van der Waals surface area contributed by atoms with E-state index in [1.807, 2.05) is 0 Å². The van der Waals surface area contributed by atoms with E-state index in [9.17, 15) is 19.5 Å². The van der Waals surface area contributed by atoms with Gasteiger partial charge < -0.3 is 5.11 Å². The lowest BCUT2D eigenvalue weighted by atomic mass is 10.1. The third kappa shape index (κ3) is 3.07. The van der Waals surface area contributed by atoms with Gasteiger partial charge in [0, 0.05) is 4.47 Å². The Balaban J connectivity index is 2.01. The zero-order valence-electron chi connectivity index (χ0n) is 12.2.